The Kier molecular flexibility index (Phi) is 6.82. The highest BCUT2D eigenvalue weighted by molar-refractivity contribution is 7.92. The number of rotatable bonds is 5. The van der Waals surface area contributed by atoms with E-state index in [1.54, 1.807) is 23.1 Å². The molecule has 3 heterocycles. The number of nitrogens with zero attached hydrogens (tertiary/aromatic N) is 3. The lowest BCUT2D eigenvalue weighted by molar-refractivity contribution is -0.133. The van der Waals surface area contributed by atoms with E-state index >= 15 is 0 Å². The van der Waals surface area contributed by atoms with Gasteiger partial charge in [-0.1, -0.05) is 31.0 Å². The molecule has 0 saturated carbocycles. The minimum absolute atomic E-state index is 0.0583. The Morgan fingerprint density at radius 3 is 2.26 bits per heavy atom. The van der Waals surface area contributed by atoms with Crippen molar-refractivity contribution in [1.29, 1.82) is 0 Å². The molecule has 8 heteroatoms. The lowest BCUT2D eigenvalue weighted by Gasteiger charge is -2.30. The van der Waals surface area contributed by atoms with E-state index in [-0.39, 0.29) is 29.6 Å². The van der Waals surface area contributed by atoms with E-state index in [1.807, 2.05) is 29.2 Å². The second kappa shape index (κ2) is 10.0. The number of para-hydroxylation sites is 1. The molecular formula is C27H33N3O4S. The van der Waals surface area contributed by atoms with Crippen molar-refractivity contribution in [2.24, 2.45) is 0 Å². The summed E-state index contributed by atoms with van der Waals surface area (Å²) in [5, 5.41) is 0. The third-order valence-corrected chi connectivity index (χ3v) is 9.22. The Labute approximate surface area is 207 Å². The van der Waals surface area contributed by atoms with Crippen LogP contribution in [0.4, 0.5) is 11.4 Å². The fourth-order valence-corrected chi connectivity index (χ4v) is 7.09. The molecule has 3 aliphatic rings. The van der Waals surface area contributed by atoms with Gasteiger partial charge in [0, 0.05) is 44.7 Å². The van der Waals surface area contributed by atoms with Gasteiger partial charge in [-0.2, -0.15) is 0 Å². The number of sulfonamides is 1. The number of benzene rings is 2. The maximum Gasteiger partial charge on any atom is 0.264 e. The van der Waals surface area contributed by atoms with Crippen LogP contribution in [0.1, 0.15) is 56.1 Å². The van der Waals surface area contributed by atoms with Gasteiger partial charge in [0.25, 0.3) is 10.0 Å². The van der Waals surface area contributed by atoms with Crippen LogP contribution in [0.2, 0.25) is 0 Å². The van der Waals surface area contributed by atoms with Crippen molar-refractivity contribution >= 4 is 33.2 Å². The van der Waals surface area contributed by atoms with Gasteiger partial charge < -0.3 is 9.80 Å². The molecule has 0 unspecified atom stereocenters. The van der Waals surface area contributed by atoms with Gasteiger partial charge in [0.15, 0.2) is 0 Å². The average molecular weight is 496 g/mol. The third kappa shape index (κ3) is 4.81. The number of likely N-dealkylation sites (tertiary alicyclic amines) is 1. The number of carbonyl (C=O) groups excluding carboxylic acids is 2. The zero-order valence-electron chi connectivity index (χ0n) is 20.1. The molecule has 0 atom stereocenters. The van der Waals surface area contributed by atoms with Crippen LogP contribution in [0.5, 0.6) is 0 Å². The van der Waals surface area contributed by atoms with Crippen molar-refractivity contribution in [1.82, 2.24) is 4.90 Å². The quantitative estimate of drug-likeness (QED) is 0.630. The fraction of sp³-hybridized carbons (Fsp3) is 0.481. The van der Waals surface area contributed by atoms with Crippen LogP contribution in [0.3, 0.4) is 0 Å². The van der Waals surface area contributed by atoms with Gasteiger partial charge in [0.05, 0.1) is 10.6 Å². The van der Waals surface area contributed by atoms with E-state index in [4.69, 9.17) is 0 Å². The normalized spacial score (nSPS) is 18.1. The van der Waals surface area contributed by atoms with E-state index < -0.39 is 10.0 Å². The van der Waals surface area contributed by atoms with Crippen molar-refractivity contribution in [3.8, 4) is 0 Å². The summed E-state index contributed by atoms with van der Waals surface area (Å²) in [6.45, 7) is 2.56. The van der Waals surface area contributed by atoms with Gasteiger partial charge in [0.1, 0.15) is 0 Å². The average Bonchev–Trinajstić information content (AvgIpc) is 3.11. The zero-order chi connectivity index (χ0) is 24.4. The molecule has 7 nitrogen and oxygen atoms in total. The summed E-state index contributed by atoms with van der Waals surface area (Å²) in [5.74, 6) is -0.0181. The molecule has 186 valence electrons. The molecule has 0 aliphatic carbocycles. The molecule has 2 aromatic carbocycles. The number of aryl methyl sites for hydroxylation is 1. The maximum atomic E-state index is 13.5. The van der Waals surface area contributed by atoms with E-state index in [0.717, 1.165) is 74.1 Å². The fourth-order valence-electron chi connectivity index (χ4n) is 5.50. The first-order chi connectivity index (χ1) is 16.9. The molecule has 0 radical (unpaired) electrons. The van der Waals surface area contributed by atoms with Crippen molar-refractivity contribution in [2.45, 2.75) is 62.7 Å². The lowest BCUT2D eigenvalue weighted by atomic mass is 10.0. The summed E-state index contributed by atoms with van der Waals surface area (Å²) in [6.07, 6.45) is 7.08. The Morgan fingerprint density at radius 2 is 1.46 bits per heavy atom. The zero-order valence-corrected chi connectivity index (χ0v) is 20.9. The second-order valence-corrected chi connectivity index (χ2v) is 11.6. The summed E-state index contributed by atoms with van der Waals surface area (Å²) in [6, 6.07) is 12.7. The van der Waals surface area contributed by atoms with Crippen LogP contribution < -0.4 is 9.21 Å². The molecule has 1 fully saturated rings. The highest BCUT2D eigenvalue weighted by Gasteiger charge is 2.32. The summed E-state index contributed by atoms with van der Waals surface area (Å²) in [5.41, 5.74) is 3.43. The minimum Gasteiger partial charge on any atom is -0.343 e. The summed E-state index contributed by atoms with van der Waals surface area (Å²) in [7, 11) is -3.69. The number of amides is 2. The smallest absolute Gasteiger partial charge is 0.264 e. The van der Waals surface area contributed by atoms with Crippen LogP contribution >= 0.6 is 0 Å². The lowest BCUT2D eigenvalue weighted by Crippen LogP contribution is -2.35. The van der Waals surface area contributed by atoms with Crippen molar-refractivity contribution < 1.29 is 18.0 Å². The molecule has 2 aromatic rings. The largest absolute Gasteiger partial charge is 0.343 e. The van der Waals surface area contributed by atoms with Crippen molar-refractivity contribution in [3.63, 3.8) is 0 Å². The van der Waals surface area contributed by atoms with Crippen molar-refractivity contribution in [3.05, 3.63) is 53.6 Å². The molecule has 0 N–H and O–H groups in total. The maximum absolute atomic E-state index is 13.5. The summed E-state index contributed by atoms with van der Waals surface area (Å²) < 4.78 is 28.6. The van der Waals surface area contributed by atoms with Crippen LogP contribution in [-0.2, 0) is 32.5 Å². The van der Waals surface area contributed by atoms with E-state index in [0.29, 0.717) is 19.5 Å². The molecule has 1 saturated heterocycles. The second-order valence-electron chi connectivity index (χ2n) is 9.69. The number of anilines is 2. The Bertz CT molecular complexity index is 1220. The Hall–Kier alpha value is -2.87. The van der Waals surface area contributed by atoms with Gasteiger partial charge in [-0.3, -0.25) is 13.9 Å². The van der Waals surface area contributed by atoms with Gasteiger partial charge in [-0.15, -0.1) is 0 Å². The van der Waals surface area contributed by atoms with Crippen LogP contribution in [0, 0.1) is 0 Å². The minimum atomic E-state index is -3.69. The van der Waals surface area contributed by atoms with Gasteiger partial charge >= 0.3 is 0 Å². The third-order valence-electron chi connectivity index (χ3n) is 7.41. The van der Waals surface area contributed by atoms with Crippen LogP contribution in [-0.4, -0.2) is 51.3 Å². The molecule has 3 aliphatic heterocycles. The molecule has 2 amide bonds. The first-order valence-electron chi connectivity index (χ1n) is 12.8. The highest BCUT2D eigenvalue weighted by Crippen LogP contribution is 2.35. The number of fused-ring (bicyclic) bond motifs is 2. The predicted molar refractivity (Wildman–Crippen MR) is 136 cm³/mol. The number of hydrogen-bond donors (Lipinski definition) is 0. The summed E-state index contributed by atoms with van der Waals surface area (Å²) >= 11 is 0. The van der Waals surface area contributed by atoms with Crippen LogP contribution in [0.25, 0.3) is 0 Å². The predicted octanol–water partition coefficient (Wildman–Crippen LogP) is 3.90. The highest BCUT2D eigenvalue weighted by atomic mass is 32.2. The molecule has 5 rings (SSSR count). The monoisotopic (exact) mass is 495 g/mol. The molecular weight excluding hydrogens is 462 g/mol. The summed E-state index contributed by atoms with van der Waals surface area (Å²) in [4.78, 5) is 29.4. The van der Waals surface area contributed by atoms with Gasteiger partial charge in [-0.25, -0.2) is 8.42 Å². The molecule has 0 spiro atoms. The molecule has 35 heavy (non-hydrogen) atoms. The van der Waals surface area contributed by atoms with Gasteiger partial charge in [0.2, 0.25) is 11.8 Å². The van der Waals surface area contributed by atoms with Gasteiger partial charge in [-0.05, 0) is 67.5 Å². The van der Waals surface area contributed by atoms with E-state index in [9.17, 15) is 18.0 Å². The molecule has 0 aromatic heterocycles. The first-order valence-corrected chi connectivity index (χ1v) is 14.2. The Balaban J connectivity index is 1.28. The standard InChI is InChI=1S/C27H33N3O4S/c31-26(28-16-5-1-2-6-17-28)13-14-27(32)29-19-15-22-20-23(11-12-24(22)29)35(33,34)30-18-7-9-21-8-3-4-10-25(21)30/h3-4,8,10-12,20H,1-2,5-7,9,13-19H2. The van der Waals surface area contributed by atoms with Crippen molar-refractivity contribution in [2.75, 3.05) is 35.4 Å². The van der Waals surface area contributed by atoms with Crippen LogP contribution in [0.15, 0.2) is 47.4 Å². The topological polar surface area (TPSA) is 78.0 Å². The SMILES string of the molecule is O=C(CCC(=O)N1CCc2cc(S(=O)(=O)N3CCCc4ccccc43)ccc21)N1CCCCCC1. The van der Waals surface area contributed by atoms with E-state index in [2.05, 4.69) is 0 Å². The Morgan fingerprint density at radius 1 is 0.714 bits per heavy atom. The van der Waals surface area contributed by atoms with E-state index in [1.165, 1.54) is 4.31 Å². The number of carbonyl (C=O) groups is 2. The molecule has 0 bridgehead atoms. The first kappa shape index (κ1) is 23.9. The number of hydrogen-bond acceptors (Lipinski definition) is 4.